The molecule has 0 saturated carbocycles. The summed E-state index contributed by atoms with van der Waals surface area (Å²) in [6.07, 6.45) is -0.335. The fourth-order valence-corrected chi connectivity index (χ4v) is 2.48. The van der Waals surface area contributed by atoms with E-state index in [1.807, 2.05) is 24.3 Å². The summed E-state index contributed by atoms with van der Waals surface area (Å²) in [4.78, 5) is 1.07. The zero-order chi connectivity index (χ0) is 13.4. The number of hydrogen-bond acceptors (Lipinski definition) is 4. The van der Waals surface area contributed by atoms with Crippen molar-refractivity contribution in [2.75, 3.05) is 26.0 Å². The predicted octanol–water partition coefficient (Wildman–Crippen LogP) is 2.39. The molecular formula is C14H23NO2S. The molecular weight excluding hydrogens is 246 g/mol. The van der Waals surface area contributed by atoms with Gasteiger partial charge < -0.3 is 15.2 Å². The lowest BCUT2D eigenvalue weighted by molar-refractivity contribution is 0.194. The van der Waals surface area contributed by atoms with Crippen LogP contribution in [0.4, 0.5) is 0 Å². The molecule has 0 aromatic heterocycles. The number of aliphatic hydroxyl groups is 1. The van der Waals surface area contributed by atoms with Gasteiger partial charge in [-0.25, -0.2) is 0 Å². The molecule has 1 aromatic carbocycles. The second-order valence-corrected chi connectivity index (χ2v) is 5.73. The summed E-state index contributed by atoms with van der Waals surface area (Å²) in [6.45, 7) is 5.89. The zero-order valence-electron chi connectivity index (χ0n) is 11.3. The second kappa shape index (κ2) is 8.40. The molecule has 0 amide bonds. The van der Waals surface area contributed by atoms with E-state index < -0.39 is 0 Å². The van der Waals surface area contributed by atoms with Gasteiger partial charge in [0.05, 0.1) is 13.2 Å². The minimum atomic E-state index is -0.335. The van der Waals surface area contributed by atoms with Crippen molar-refractivity contribution < 1.29 is 9.84 Å². The molecule has 102 valence electrons. The molecule has 0 saturated heterocycles. The van der Waals surface area contributed by atoms with E-state index in [0.29, 0.717) is 18.2 Å². The quantitative estimate of drug-likeness (QED) is 0.711. The second-order valence-electron chi connectivity index (χ2n) is 4.67. The molecule has 0 heterocycles. The molecule has 18 heavy (non-hydrogen) atoms. The summed E-state index contributed by atoms with van der Waals surface area (Å²) in [6, 6.07) is 7.88. The Morgan fingerprint density at radius 1 is 1.28 bits per heavy atom. The van der Waals surface area contributed by atoms with Crippen molar-refractivity contribution in [2.45, 2.75) is 24.8 Å². The van der Waals surface area contributed by atoms with E-state index >= 15 is 0 Å². The van der Waals surface area contributed by atoms with Crippen molar-refractivity contribution in [1.82, 2.24) is 5.32 Å². The lowest BCUT2D eigenvalue weighted by Gasteiger charge is -2.14. The molecule has 1 aromatic rings. The van der Waals surface area contributed by atoms with Gasteiger partial charge in [0, 0.05) is 17.2 Å². The Morgan fingerprint density at radius 3 is 2.67 bits per heavy atom. The zero-order valence-corrected chi connectivity index (χ0v) is 12.2. The highest BCUT2D eigenvalue weighted by atomic mass is 32.2. The average Bonchev–Trinajstić information content (AvgIpc) is 2.36. The Hall–Kier alpha value is -0.710. The van der Waals surface area contributed by atoms with Crippen LogP contribution >= 0.6 is 11.8 Å². The summed E-state index contributed by atoms with van der Waals surface area (Å²) in [5.41, 5.74) is 0. The van der Waals surface area contributed by atoms with Crippen molar-refractivity contribution in [3.63, 3.8) is 0 Å². The first kappa shape index (κ1) is 15.3. The van der Waals surface area contributed by atoms with E-state index in [9.17, 15) is 5.11 Å². The molecule has 4 heteroatoms. The molecule has 0 spiro atoms. The van der Waals surface area contributed by atoms with Gasteiger partial charge in [0.25, 0.3) is 0 Å². The number of nitrogens with one attached hydrogen (secondary N) is 1. The lowest BCUT2D eigenvalue weighted by atomic mass is 10.2. The van der Waals surface area contributed by atoms with Gasteiger partial charge in [0.15, 0.2) is 0 Å². The normalized spacial score (nSPS) is 12.7. The molecule has 0 aliphatic rings. The van der Waals surface area contributed by atoms with E-state index in [1.54, 1.807) is 18.9 Å². The number of para-hydroxylation sites is 1. The van der Waals surface area contributed by atoms with Crippen molar-refractivity contribution >= 4 is 11.8 Å². The summed E-state index contributed by atoms with van der Waals surface area (Å²) in [5.74, 6) is 2.15. The molecule has 1 atom stereocenters. The van der Waals surface area contributed by atoms with E-state index in [1.165, 1.54) is 0 Å². The minimum absolute atomic E-state index is 0.335. The first-order valence-electron chi connectivity index (χ1n) is 6.28. The molecule has 1 rings (SSSR count). The first-order chi connectivity index (χ1) is 8.63. The van der Waals surface area contributed by atoms with E-state index in [2.05, 4.69) is 19.2 Å². The van der Waals surface area contributed by atoms with E-state index in [4.69, 9.17) is 4.74 Å². The third-order valence-electron chi connectivity index (χ3n) is 2.43. The largest absolute Gasteiger partial charge is 0.496 e. The van der Waals surface area contributed by atoms with Crippen molar-refractivity contribution in [3.8, 4) is 5.75 Å². The van der Waals surface area contributed by atoms with Crippen LogP contribution in [-0.2, 0) is 0 Å². The summed E-state index contributed by atoms with van der Waals surface area (Å²) < 4.78 is 5.27. The molecule has 0 aliphatic heterocycles. The Kier molecular flexibility index (Phi) is 7.16. The maximum atomic E-state index is 9.86. The molecule has 0 fully saturated rings. The highest BCUT2D eigenvalue weighted by Gasteiger charge is 2.08. The Bertz CT molecular complexity index is 344. The fraction of sp³-hybridized carbons (Fsp3) is 0.571. The minimum Gasteiger partial charge on any atom is -0.496 e. The molecule has 1 unspecified atom stereocenters. The topological polar surface area (TPSA) is 41.5 Å². The van der Waals surface area contributed by atoms with Crippen LogP contribution < -0.4 is 10.1 Å². The van der Waals surface area contributed by atoms with Gasteiger partial charge in [0.1, 0.15) is 5.75 Å². The van der Waals surface area contributed by atoms with Crippen molar-refractivity contribution in [1.29, 1.82) is 0 Å². The highest BCUT2D eigenvalue weighted by molar-refractivity contribution is 7.99. The summed E-state index contributed by atoms with van der Waals surface area (Å²) in [7, 11) is 1.67. The van der Waals surface area contributed by atoms with Crippen LogP contribution in [0.2, 0.25) is 0 Å². The van der Waals surface area contributed by atoms with Gasteiger partial charge in [-0.15, -0.1) is 11.8 Å². The van der Waals surface area contributed by atoms with Crippen molar-refractivity contribution in [2.24, 2.45) is 5.92 Å². The number of thioether (sulfide) groups is 1. The van der Waals surface area contributed by atoms with E-state index in [-0.39, 0.29) is 6.10 Å². The van der Waals surface area contributed by atoms with Crippen molar-refractivity contribution in [3.05, 3.63) is 24.3 Å². The van der Waals surface area contributed by atoms with Crippen LogP contribution in [0.3, 0.4) is 0 Å². The molecule has 2 N–H and O–H groups in total. The van der Waals surface area contributed by atoms with Gasteiger partial charge in [-0.3, -0.25) is 0 Å². The van der Waals surface area contributed by atoms with Gasteiger partial charge in [-0.05, 0) is 24.6 Å². The summed E-state index contributed by atoms with van der Waals surface area (Å²) >= 11 is 1.62. The Balaban J connectivity index is 2.31. The van der Waals surface area contributed by atoms with Crippen LogP contribution in [0.25, 0.3) is 0 Å². The number of benzene rings is 1. The highest BCUT2D eigenvalue weighted by Crippen LogP contribution is 2.28. The predicted molar refractivity (Wildman–Crippen MR) is 77.4 cm³/mol. The number of rotatable bonds is 8. The Labute approximate surface area is 114 Å². The number of methoxy groups -OCH3 is 1. The SMILES string of the molecule is COc1ccccc1SCC(O)CNCC(C)C. The standard InChI is InChI=1S/C14H23NO2S/c1-11(2)8-15-9-12(16)10-18-14-7-5-4-6-13(14)17-3/h4-7,11-12,15-16H,8-10H2,1-3H3. The van der Waals surface area contributed by atoms with Crippen LogP contribution in [0.15, 0.2) is 29.2 Å². The monoisotopic (exact) mass is 269 g/mol. The van der Waals surface area contributed by atoms with Crippen LogP contribution in [0, 0.1) is 5.92 Å². The van der Waals surface area contributed by atoms with Gasteiger partial charge in [-0.1, -0.05) is 26.0 Å². The number of ether oxygens (including phenoxy) is 1. The van der Waals surface area contributed by atoms with E-state index in [0.717, 1.165) is 17.2 Å². The van der Waals surface area contributed by atoms with Gasteiger partial charge in [0.2, 0.25) is 0 Å². The van der Waals surface area contributed by atoms with Crippen LogP contribution in [0.1, 0.15) is 13.8 Å². The van der Waals surface area contributed by atoms with Gasteiger partial charge in [-0.2, -0.15) is 0 Å². The first-order valence-corrected chi connectivity index (χ1v) is 7.26. The number of hydrogen-bond donors (Lipinski definition) is 2. The molecule has 0 radical (unpaired) electrons. The molecule has 3 nitrogen and oxygen atoms in total. The lowest BCUT2D eigenvalue weighted by Crippen LogP contribution is -2.30. The van der Waals surface area contributed by atoms with Crippen LogP contribution in [0.5, 0.6) is 5.75 Å². The fourth-order valence-electron chi connectivity index (χ4n) is 1.52. The van der Waals surface area contributed by atoms with Crippen LogP contribution in [-0.4, -0.2) is 37.2 Å². The maximum Gasteiger partial charge on any atom is 0.132 e. The third-order valence-corrected chi connectivity index (χ3v) is 3.63. The average molecular weight is 269 g/mol. The van der Waals surface area contributed by atoms with Gasteiger partial charge >= 0.3 is 0 Å². The smallest absolute Gasteiger partial charge is 0.132 e. The number of aliphatic hydroxyl groups excluding tert-OH is 1. The molecule has 0 bridgehead atoms. The summed E-state index contributed by atoms with van der Waals surface area (Å²) in [5, 5.41) is 13.1. The maximum absolute atomic E-state index is 9.86. The Morgan fingerprint density at radius 2 is 2.00 bits per heavy atom. The third kappa shape index (κ3) is 5.76. The molecule has 0 aliphatic carbocycles.